The number of fused-ring (bicyclic) bond motifs is 2. The standard InChI is InChI=1S/C8H10.Pt/c1-8-4-2-7(6-8)3-5-8;/h2-5,7H,6H2,1H3;. The zero-order valence-electron chi connectivity index (χ0n) is 5.41. The summed E-state index contributed by atoms with van der Waals surface area (Å²) < 4.78 is 0. The molecule has 0 atom stereocenters. The molecule has 0 heterocycles. The van der Waals surface area contributed by atoms with Crippen molar-refractivity contribution in [1.82, 2.24) is 0 Å². The predicted octanol–water partition coefficient (Wildman–Crippen LogP) is 2.14. The maximum atomic E-state index is 2.32. The molecule has 0 saturated carbocycles. The van der Waals surface area contributed by atoms with E-state index in [2.05, 4.69) is 31.2 Å². The molecule has 0 amide bonds. The van der Waals surface area contributed by atoms with Crippen LogP contribution in [0.15, 0.2) is 24.3 Å². The van der Waals surface area contributed by atoms with Crippen LogP contribution in [0.5, 0.6) is 0 Å². The van der Waals surface area contributed by atoms with Crippen molar-refractivity contribution in [1.29, 1.82) is 0 Å². The largest absolute Gasteiger partial charge is 0.0807 e. The molecule has 1 heteroatoms. The summed E-state index contributed by atoms with van der Waals surface area (Å²) in [7, 11) is 0. The minimum atomic E-state index is 0. The summed E-state index contributed by atoms with van der Waals surface area (Å²) >= 11 is 0. The van der Waals surface area contributed by atoms with Crippen LogP contribution < -0.4 is 0 Å². The second kappa shape index (κ2) is 2.09. The average molecular weight is 301 g/mol. The molecule has 2 aliphatic rings. The maximum Gasteiger partial charge on any atom is 0.00417 e. The van der Waals surface area contributed by atoms with Gasteiger partial charge in [-0.2, -0.15) is 0 Å². The smallest absolute Gasteiger partial charge is 0.00417 e. The molecule has 9 heavy (non-hydrogen) atoms. The monoisotopic (exact) mass is 301 g/mol. The van der Waals surface area contributed by atoms with Crippen LogP contribution in [0.3, 0.4) is 0 Å². The van der Waals surface area contributed by atoms with Gasteiger partial charge in [0.2, 0.25) is 0 Å². The predicted molar refractivity (Wildman–Crippen MR) is 34.5 cm³/mol. The minimum absolute atomic E-state index is 0. The van der Waals surface area contributed by atoms with Gasteiger partial charge in [0.1, 0.15) is 0 Å². The van der Waals surface area contributed by atoms with Gasteiger partial charge in [-0.1, -0.05) is 31.2 Å². The van der Waals surface area contributed by atoms with E-state index in [1.54, 1.807) is 0 Å². The molecular weight excluding hydrogens is 291 g/mol. The van der Waals surface area contributed by atoms with Crippen LogP contribution in [0.2, 0.25) is 0 Å². The maximum absolute atomic E-state index is 2.32. The van der Waals surface area contributed by atoms with E-state index >= 15 is 0 Å². The summed E-state index contributed by atoms with van der Waals surface area (Å²) in [4.78, 5) is 0. The van der Waals surface area contributed by atoms with Crippen molar-refractivity contribution in [2.45, 2.75) is 13.3 Å². The Labute approximate surface area is 70.3 Å². The molecule has 0 nitrogen and oxygen atoms in total. The van der Waals surface area contributed by atoms with Crippen molar-refractivity contribution in [3.8, 4) is 0 Å². The average Bonchev–Trinajstić information content (AvgIpc) is 2.21. The Bertz CT molecular complexity index is 153. The number of allylic oxidation sites excluding steroid dienone is 4. The molecule has 0 fully saturated rings. The molecule has 2 aliphatic carbocycles. The Morgan fingerprint density at radius 3 is 2.00 bits per heavy atom. The molecule has 0 aromatic carbocycles. The third-order valence-electron chi connectivity index (χ3n) is 2.12. The van der Waals surface area contributed by atoms with Gasteiger partial charge in [-0.25, -0.2) is 0 Å². The van der Waals surface area contributed by atoms with Crippen LogP contribution in [0.25, 0.3) is 0 Å². The summed E-state index contributed by atoms with van der Waals surface area (Å²) in [5.74, 6) is 0.778. The first-order valence-corrected chi connectivity index (χ1v) is 3.17. The normalized spacial score (nSPS) is 43.4. The summed E-state index contributed by atoms with van der Waals surface area (Å²) in [6, 6.07) is 0. The molecule has 0 saturated heterocycles. The van der Waals surface area contributed by atoms with Crippen molar-refractivity contribution in [3.63, 3.8) is 0 Å². The molecule has 0 radical (unpaired) electrons. The fraction of sp³-hybridized carbons (Fsp3) is 0.500. The molecule has 0 unspecified atom stereocenters. The van der Waals surface area contributed by atoms with Crippen LogP contribution >= 0.6 is 0 Å². The third kappa shape index (κ3) is 1.05. The SMILES string of the molecule is CC12C=CC(C=C1)C2.[Pt]. The van der Waals surface area contributed by atoms with Crippen molar-refractivity contribution < 1.29 is 21.1 Å². The van der Waals surface area contributed by atoms with E-state index in [4.69, 9.17) is 0 Å². The number of hydrogen-bond acceptors (Lipinski definition) is 0. The molecule has 0 N–H and O–H groups in total. The van der Waals surface area contributed by atoms with E-state index in [-0.39, 0.29) is 21.1 Å². The van der Waals surface area contributed by atoms with Gasteiger partial charge in [-0.15, -0.1) is 0 Å². The summed E-state index contributed by atoms with van der Waals surface area (Å²) in [5.41, 5.74) is 0.449. The summed E-state index contributed by atoms with van der Waals surface area (Å²) in [5, 5.41) is 0. The minimum Gasteiger partial charge on any atom is -0.0807 e. The van der Waals surface area contributed by atoms with Gasteiger partial charge in [-0.05, 0) is 12.3 Å². The first-order chi connectivity index (χ1) is 3.79. The zero-order chi connectivity index (χ0) is 5.61. The van der Waals surface area contributed by atoms with Crippen LogP contribution in [0.4, 0.5) is 0 Å². The van der Waals surface area contributed by atoms with E-state index < -0.39 is 0 Å². The fourth-order valence-electron chi connectivity index (χ4n) is 1.59. The van der Waals surface area contributed by atoms with E-state index in [1.165, 1.54) is 6.42 Å². The quantitative estimate of drug-likeness (QED) is 0.601. The summed E-state index contributed by atoms with van der Waals surface area (Å²) in [6.07, 6.45) is 10.6. The Kier molecular flexibility index (Phi) is 1.69. The zero-order valence-corrected chi connectivity index (χ0v) is 7.68. The van der Waals surface area contributed by atoms with E-state index in [9.17, 15) is 0 Å². The van der Waals surface area contributed by atoms with Gasteiger partial charge in [0, 0.05) is 26.5 Å². The first-order valence-electron chi connectivity index (χ1n) is 3.17. The second-order valence-electron chi connectivity index (χ2n) is 3.09. The second-order valence-corrected chi connectivity index (χ2v) is 3.09. The van der Waals surface area contributed by atoms with Crippen molar-refractivity contribution in [3.05, 3.63) is 24.3 Å². The number of hydrogen-bond donors (Lipinski definition) is 0. The molecule has 0 aromatic rings. The molecule has 52 valence electrons. The Morgan fingerprint density at radius 1 is 1.33 bits per heavy atom. The number of rotatable bonds is 0. The first kappa shape index (κ1) is 7.28. The van der Waals surface area contributed by atoms with E-state index in [0.29, 0.717) is 5.41 Å². The van der Waals surface area contributed by atoms with Gasteiger partial charge in [0.15, 0.2) is 0 Å². The van der Waals surface area contributed by atoms with E-state index in [1.807, 2.05) is 0 Å². The van der Waals surface area contributed by atoms with Gasteiger partial charge < -0.3 is 0 Å². The van der Waals surface area contributed by atoms with E-state index in [0.717, 1.165) is 5.92 Å². The molecule has 2 bridgehead atoms. The van der Waals surface area contributed by atoms with Gasteiger partial charge in [0.05, 0.1) is 0 Å². The third-order valence-corrected chi connectivity index (χ3v) is 2.12. The Hall–Kier alpha value is 0.168. The van der Waals surface area contributed by atoms with Crippen molar-refractivity contribution >= 4 is 0 Å². The van der Waals surface area contributed by atoms with Gasteiger partial charge in [0.25, 0.3) is 0 Å². The van der Waals surface area contributed by atoms with Crippen molar-refractivity contribution in [2.24, 2.45) is 11.3 Å². The topological polar surface area (TPSA) is 0 Å². The Morgan fingerprint density at radius 2 is 1.89 bits per heavy atom. The van der Waals surface area contributed by atoms with Crippen LogP contribution in [-0.2, 0) is 21.1 Å². The van der Waals surface area contributed by atoms with Gasteiger partial charge >= 0.3 is 0 Å². The van der Waals surface area contributed by atoms with Crippen molar-refractivity contribution in [2.75, 3.05) is 0 Å². The van der Waals surface area contributed by atoms with Gasteiger partial charge in [-0.3, -0.25) is 0 Å². The Balaban J connectivity index is 0.000000405. The fourth-order valence-corrected chi connectivity index (χ4v) is 1.59. The molecular formula is C8H10Pt. The molecule has 0 aliphatic heterocycles. The molecule has 0 aromatic heterocycles. The summed E-state index contributed by atoms with van der Waals surface area (Å²) in [6.45, 7) is 2.28. The van der Waals surface area contributed by atoms with Crippen LogP contribution in [-0.4, -0.2) is 0 Å². The molecule has 2 rings (SSSR count). The molecule has 0 spiro atoms. The van der Waals surface area contributed by atoms with Crippen LogP contribution in [0, 0.1) is 11.3 Å². The van der Waals surface area contributed by atoms with Crippen LogP contribution in [0.1, 0.15) is 13.3 Å².